The van der Waals surface area contributed by atoms with Crippen molar-refractivity contribution in [3.8, 4) is 16.9 Å². The van der Waals surface area contributed by atoms with Gasteiger partial charge in [0.25, 0.3) is 0 Å². The summed E-state index contributed by atoms with van der Waals surface area (Å²) in [6.07, 6.45) is -9.99. The predicted molar refractivity (Wildman–Crippen MR) is 93.2 cm³/mol. The molecule has 0 spiro atoms. The summed E-state index contributed by atoms with van der Waals surface area (Å²) in [5.74, 6) is -5.33. The van der Waals surface area contributed by atoms with E-state index < -0.39 is 65.6 Å². The van der Waals surface area contributed by atoms with Crippen LogP contribution in [0.5, 0.6) is 5.75 Å². The number of phenols is 1. The maximum Gasteiger partial charge on any atom is 0.342 e. The molecule has 0 saturated carbocycles. The standard InChI is InChI=1S/C19H16F2O9/c20-8-2-3-9(11(21)6-8)7-1-4-12(22)10(5-7)18(27)29-15-13(23)16(17(25)26)30-19(28)14(15)24/h1-6,13-16,19,22-24,28H,(H,25,26)/t13-,14+,15-,16-,19-/m0/s1. The van der Waals surface area contributed by atoms with E-state index in [1.54, 1.807) is 0 Å². The Hall–Kier alpha value is -3.12. The van der Waals surface area contributed by atoms with Gasteiger partial charge in [0.15, 0.2) is 18.5 Å². The Kier molecular flexibility index (Phi) is 5.99. The number of halogens is 2. The van der Waals surface area contributed by atoms with Crippen LogP contribution in [0.15, 0.2) is 36.4 Å². The summed E-state index contributed by atoms with van der Waals surface area (Å²) < 4.78 is 36.6. The Bertz CT molecular complexity index is 980. The van der Waals surface area contributed by atoms with Crippen molar-refractivity contribution >= 4 is 11.9 Å². The van der Waals surface area contributed by atoms with Crippen molar-refractivity contribution < 1.29 is 53.4 Å². The number of rotatable bonds is 4. The van der Waals surface area contributed by atoms with Crippen LogP contribution >= 0.6 is 0 Å². The Morgan fingerprint density at radius 1 is 1.00 bits per heavy atom. The highest BCUT2D eigenvalue weighted by atomic mass is 19.1. The van der Waals surface area contributed by atoms with Crippen molar-refractivity contribution in [1.82, 2.24) is 0 Å². The van der Waals surface area contributed by atoms with E-state index in [0.717, 1.165) is 24.3 Å². The third-order valence-corrected chi connectivity index (χ3v) is 4.51. The lowest BCUT2D eigenvalue weighted by Gasteiger charge is -2.38. The molecule has 1 aliphatic rings. The quantitative estimate of drug-likeness (QED) is 0.437. The molecule has 0 radical (unpaired) electrons. The van der Waals surface area contributed by atoms with Crippen molar-refractivity contribution in [1.29, 1.82) is 0 Å². The highest BCUT2D eigenvalue weighted by Gasteiger charge is 2.49. The van der Waals surface area contributed by atoms with Crippen molar-refractivity contribution in [2.24, 2.45) is 0 Å². The van der Waals surface area contributed by atoms with Crippen LogP contribution in [0.1, 0.15) is 10.4 Å². The number of carbonyl (C=O) groups is 2. The number of benzene rings is 2. The number of aliphatic carboxylic acids is 1. The molecule has 0 amide bonds. The molecule has 0 bridgehead atoms. The van der Waals surface area contributed by atoms with Gasteiger partial charge in [-0.25, -0.2) is 18.4 Å². The molecular weight excluding hydrogens is 410 g/mol. The summed E-state index contributed by atoms with van der Waals surface area (Å²) >= 11 is 0. The van der Waals surface area contributed by atoms with Gasteiger partial charge in [0.05, 0.1) is 0 Å². The zero-order valence-corrected chi connectivity index (χ0v) is 15.0. The molecule has 1 fully saturated rings. The molecule has 11 heteroatoms. The summed E-state index contributed by atoms with van der Waals surface area (Å²) in [6.45, 7) is 0. The van der Waals surface area contributed by atoms with Crippen LogP contribution in [0.4, 0.5) is 8.78 Å². The van der Waals surface area contributed by atoms with E-state index in [9.17, 15) is 38.8 Å². The van der Waals surface area contributed by atoms with Gasteiger partial charge in [-0.3, -0.25) is 0 Å². The van der Waals surface area contributed by atoms with Gasteiger partial charge in [0.2, 0.25) is 0 Å². The van der Waals surface area contributed by atoms with Crippen molar-refractivity contribution in [2.75, 3.05) is 0 Å². The lowest BCUT2D eigenvalue weighted by atomic mass is 9.98. The topological polar surface area (TPSA) is 154 Å². The van der Waals surface area contributed by atoms with Crippen LogP contribution in [0.2, 0.25) is 0 Å². The minimum Gasteiger partial charge on any atom is -0.507 e. The van der Waals surface area contributed by atoms with E-state index >= 15 is 0 Å². The summed E-state index contributed by atoms with van der Waals surface area (Å²) in [5, 5.41) is 48.6. The SMILES string of the molecule is O=C(O[C@@H]1[C@@H](O)[C@@H](O)O[C@H](C(=O)O)[C@H]1O)c1cc(-c2ccc(F)cc2F)ccc1O. The van der Waals surface area contributed by atoms with E-state index in [-0.39, 0.29) is 11.1 Å². The number of carboxylic acid groups (broad SMARTS) is 1. The number of carboxylic acids is 1. The van der Waals surface area contributed by atoms with Crippen LogP contribution in [0.25, 0.3) is 11.1 Å². The first-order chi connectivity index (χ1) is 14.1. The molecular formula is C19H16F2O9. The third-order valence-electron chi connectivity index (χ3n) is 4.51. The molecule has 2 aromatic carbocycles. The number of aromatic hydroxyl groups is 1. The molecule has 0 aliphatic carbocycles. The van der Waals surface area contributed by atoms with E-state index in [1.807, 2.05) is 0 Å². The van der Waals surface area contributed by atoms with Gasteiger partial charge < -0.3 is 35.0 Å². The zero-order valence-electron chi connectivity index (χ0n) is 15.0. The van der Waals surface area contributed by atoms with Crippen molar-refractivity contribution in [3.05, 3.63) is 53.6 Å². The van der Waals surface area contributed by atoms with Crippen LogP contribution in [0.3, 0.4) is 0 Å². The highest BCUT2D eigenvalue weighted by molar-refractivity contribution is 5.94. The number of hydrogen-bond acceptors (Lipinski definition) is 8. The molecule has 1 saturated heterocycles. The highest BCUT2D eigenvalue weighted by Crippen LogP contribution is 2.30. The van der Waals surface area contributed by atoms with Gasteiger partial charge >= 0.3 is 11.9 Å². The average Bonchev–Trinajstić information content (AvgIpc) is 2.68. The van der Waals surface area contributed by atoms with Crippen LogP contribution in [-0.4, -0.2) is 68.2 Å². The maximum atomic E-state index is 14.0. The number of esters is 1. The van der Waals surface area contributed by atoms with Crippen molar-refractivity contribution in [2.45, 2.75) is 30.7 Å². The number of hydrogen-bond donors (Lipinski definition) is 5. The van der Waals surface area contributed by atoms with E-state index in [1.165, 1.54) is 6.07 Å². The Labute approximate surface area is 167 Å². The average molecular weight is 426 g/mol. The molecule has 1 aliphatic heterocycles. The van der Waals surface area contributed by atoms with E-state index in [2.05, 4.69) is 4.74 Å². The van der Waals surface area contributed by atoms with E-state index in [0.29, 0.717) is 6.07 Å². The first-order valence-corrected chi connectivity index (χ1v) is 8.52. The minimum atomic E-state index is -2.07. The fourth-order valence-electron chi connectivity index (χ4n) is 2.97. The van der Waals surface area contributed by atoms with Crippen LogP contribution < -0.4 is 0 Å². The van der Waals surface area contributed by atoms with Crippen LogP contribution in [0, 0.1) is 11.6 Å². The third kappa shape index (κ3) is 4.09. The Morgan fingerprint density at radius 2 is 1.70 bits per heavy atom. The Balaban J connectivity index is 1.90. The minimum absolute atomic E-state index is 0.0776. The molecule has 160 valence electrons. The largest absolute Gasteiger partial charge is 0.507 e. The predicted octanol–water partition coefficient (Wildman–Crippen LogP) is 0.386. The van der Waals surface area contributed by atoms with Crippen molar-refractivity contribution in [3.63, 3.8) is 0 Å². The monoisotopic (exact) mass is 426 g/mol. The fourth-order valence-corrected chi connectivity index (χ4v) is 2.97. The summed E-state index contributed by atoms with van der Waals surface area (Å²) in [4.78, 5) is 23.6. The number of carbonyl (C=O) groups excluding carboxylic acids is 1. The second kappa shape index (κ2) is 8.32. The van der Waals surface area contributed by atoms with Gasteiger partial charge in [0, 0.05) is 11.6 Å². The second-order valence-corrected chi connectivity index (χ2v) is 6.49. The normalized spacial score (nSPS) is 26.2. The number of aliphatic hydroxyl groups is 3. The maximum absolute atomic E-state index is 14.0. The first kappa shape index (κ1) is 21.6. The smallest absolute Gasteiger partial charge is 0.342 e. The van der Waals surface area contributed by atoms with Gasteiger partial charge in [-0.05, 0) is 29.8 Å². The summed E-state index contributed by atoms with van der Waals surface area (Å²) in [7, 11) is 0. The van der Waals surface area contributed by atoms with Gasteiger partial charge in [-0.15, -0.1) is 0 Å². The molecule has 9 nitrogen and oxygen atoms in total. The molecule has 0 aromatic heterocycles. The molecule has 0 unspecified atom stereocenters. The zero-order chi connectivity index (χ0) is 22.2. The molecule has 5 N–H and O–H groups in total. The van der Waals surface area contributed by atoms with Gasteiger partial charge in [-0.2, -0.15) is 0 Å². The van der Waals surface area contributed by atoms with Gasteiger partial charge in [0.1, 0.15) is 35.2 Å². The summed E-state index contributed by atoms with van der Waals surface area (Å²) in [6, 6.07) is 6.06. The Morgan fingerprint density at radius 3 is 2.33 bits per heavy atom. The van der Waals surface area contributed by atoms with Crippen LogP contribution in [-0.2, 0) is 14.3 Å². The van der Waals surface area contributed by atoms with Gasteiger partial charge in [-0.1, -0.05) is 6.07 Å². The number of ether oxygens (including phenoxy) is 2. The molecule has 3 rings (SSSR count). The first-order valence-electron chi connectivity index (χ1n) is 8.52. The van der Waals surface area contributed by atoms with E-state index in [4.69, 9.17) is 9.84 Å². The summed E-state index contributed by atoms with van der Waals surface area (Å²) in [5.41, 5.74) is -0.518. The molecule has 1 heterocycles. The lowest BCUT2D eigenvalue weighted by Crippen LogP contribution is -2.61. The number of phenolic OH excluding ortho intramolecular Hbond substituents is 1. The lowest BCUT2D eigenvalue weighted by molar-refractivity contribution is -0.279. The number of aliphatic hydroxyl groups excluding tert-OH is 3. The molecule has 2 aromatic rings. The molecule has 30 heavy (non-hydrogen) atoms. The fraction of sp³-hybridized carbons (Fsp3) is 0.263. The molecule has 5 atom stereocenters. The second-order valence-electron chi connectivity index (χ2n) is 6.49.